The first-order chi connectivity index (χ1) is 15.1. The van der Waals surface area contributed by atoms with Gasteiger partial charge in [0.25, 0.3) is 0 Å². The number of hydrogen-bond donors (Lipinski definition) is 1. The van der Waals surface area contributed by atoms with Gasteiger partial charge < -0.3 is 24.1 Å². The summed E-state index contributed by atoms with van der Waals surface area (Å²) in [5.41, 5.74) is -0.496. The maximum atomic E-state index is 12.3. The van der Waals surface area contributed by atoms with Crippen LogP contribution in [0.5, 0.6) is 23.0 Å². The summed E-state index contributed by atoms with van der Waals surface area (Å²) in [6.07, 6.45) is -2.52. The Hall–Kier alpha value is -2.81. The van der Waals surface area contributed by atoms with Gasteiger partial charge in [-0.15, -0.1) is 13.2 Å². The highest BCUT2D eigenvalue weighted by atomic mass is 35.5. The first-order valence-corrected chi connectivity index (χ1v) is 10.4. The lowest BCUT2D eigenvalue weighted by Crippen LogP contribution is -2.43. The van der Waals surface area contributed by atoms with E-state index in [9.17, 15) is 23.1 Å². The minimum absolute atomic E-state index is 0.0291. The Kier molecular flexibility index (Phi) is 7.28. The predicted octanol–water partition coefficient (Wildman–Crippen LogP) is 5.64. The fourth-order valence-electron chi connectivity index (χ4n) is 3.37. The van der Waals surface area contributed by atoms with E-state index < -0.39 is 23.7 Å². The van der Waals surface area contributed by atoms with Crippen molar-refractivity contribution >= 4 is 17.6 Å². The Balaban J connectivity index is 1.53. The Morgan fingerprint density at radius 3 is 2.53 bits per heavy atom. The monoisotopic (exact) mass is 474 g/mol. The van der Waals surface area contributed by atoms with E-state index in [0.29, 0.717) is 17.9 Å². The number of alkyl halides is 3. The van der Waals surface area contributed by atoms with Crippen LogP contribution in [-0.2, 0) is 11.2 Å². The number of rotatable bonds is 10. The maximum absolute atomic E-state index is 12.3. The third-order valence-electron chi connectivity index (χ3n) is 4.88. The van der Waals surface area contributed by atoms with Gasteiger partial charge in [0.1, 0.15) is 36.2 Å². The van der Waals surface area contributed by atoms with Crippen LogP contribution in [0.2, 0.25) is 5.02 Å². The molecule has 1 N–H and O–H groups in total. The number of carboxylic acids is 1. The van der Waals surface area contributed by atoms with Crippen LogP contribution in [0, 0.1) is 0 Å². The summed E-state index contributed by atoms with van der Waals surface area (Å²) >= 11 is 5.93. The van der Waals surface area contributed by atoms with Gasteiger partial charge in [0.2, 0.25) is 5.60 Å². The first kappa shape index (κ1) is 23.8. The molecule has 1 unspecified atom stereocenters. The van der Waals surface area contributed by atoms with Crippen molar-refractivity contribution in [1.29, 1.82) is 0 Å². The molecule has 0 amide bonds. The van der Waals surface area contributed by atoms with Crippen molar-refractivity contribution in [2.75, 3.05) is 13.2 Å². The molecule has 0 aromatic heterocycles. The molecule has 1 heterocycles. The van der Waals surface area contributed by atoms with Crippen LogP contribution in [-0.4, -0.2) is 36.3 Å². The molecular weight excluding hydrogens is 453 g/mol. The number of carboxylic acid groups (broad SMARTS) is 1. The van der Waals surface area contributed by atoms with Crippen molar-refractivity contribution in [2.24, 2.45) is 0 Å². The Morgan fingerprint density at radius 2 is 1.88 bits per heavy atom. The molecule has 6 nitrogen and oxygen atoms in total. The van der Waals surface area contributed by atoms with Gasteiger partial charge in [-0.05, 0) is 43.2 Å². The third-order valence-corrected chi connectivity index (χ3v) is 5.18. The maximum Gasteiger partial charge on any atom is 0.573 e. The summed E-state index contributed by atoms with van der Waals surface area (Å²) in [6, 6.07) is 8.48. The molecule has 0 saturated carbocycles. The molecule has 10 heteroatoms. The second kappa shape index (κ2) is 9.77. The van der Waals surface area contributed by atoms with Gasteiger partial charge in [-0.2, -0.15) is 0 Å². The molecule has 2 aromatic carbocycles. The lowest BCUT2D eigenvalue weighted by atomic mass is 9.91. The number of fused-ring (bicyclic) bond motifs is 1. The average molecular weight is 475 g/mol. The van der Waals surface area contributed by atoms with Gasteiger partial charge in [0, 0.05) is 18.1 Å². The number of hydrogen-bond acceptors (Lipinski definition) is 5. The lowest BCUT2D eigenvalue weighted by molar-refractivity contribution is -0.274. The fraction of sp³-hybridized carbons (Fsp3) is 0.409. The van der Waals surface area contributed by atoms with Crippen LogP contribution in [0.4, 0.5) is 13.2 Å². The molecule has 1 aliphatic heterocycles. The van der Waals surface area contributed by atoms with Gasteiger partial charge in [-0.3, -0.25) is 0 Å². The summed E-state index contributed by atoms with van der Waals surface area (Å²) < 4.78 is 57.4. The molecule has 0 saturated heterocycles. The number of unbranched alkanes of at least 4 members (excludes halogenated alkanes) is 1. The van der Waals surface area contributed by atoms with E-state index in [1.807, 2.05) is 6.92 Å². The standard InChI is InChI=1S/C22H22ClF3O6/c1-2-3-8-21(20(27)28)13-14-11-15(4-6-18(14)32-21)29-9-10-30-19-7-5-16(12-17(19)23)31-22(24,25)26/h4-7,11-12H,2-3,8-10,13H2,1H3,(H,27,28). The molecular formula is C22H22ClF3O6. The predicted molar refractivity (Wildman–Crippen MR) is 110 cm³/mol. The number of benzene rings is 2. The molecule has 1 aliphatic rings. The molecule has 2 aromatic rings. The fourth-order valence-corrected chi connectivity index (χ4v) is 3.60. The number of halogens is 4. The molecule has 32 heavy (non-hydrogen) atoms. The minimum atomic E-state index is -4.80. The summed E-state index contributed by atoms with van der Waals surface area (Å²) in [6.45, 7) is 2.21. The molecule has 0 radical (unpaired) electrons. The smallest absolute Gasteiger partial charge is 0.490 e. The molecule has 0 bridgehead atoms. The Bertz CT molecular complexity index is 965. The second-order valence-corrected chi connectivity index (χ2v) is 7.70. The zero-order valence-electron chi connectivity index (χ0n) is 17.2. The van der Waals surface area contributed by atoms with Crippen LogP contribution in [0.3, 0.4) is 0 Å². The molecule has 3 rings (SSSR count). The van der Waals surface area contributed by atoms with Gasteiger partial charge in [0.15, 0.2) is 0 Å². The van der Waals surface area contributed by atoms with Crippen LogP contribution < -0.4 is 18.9 Å². The summed E-state index contributed by atoms with van der Waals surface area (Å²) in [5.74, 6) is -0.189. The van der Waals surface area contributed by atoms with E-state index in [4.69, 9.17) is 25.8 Å². The zero-order chi connectivity index (χ0) is 23.4. The molecule has 174 valence electrons. The zero-order valence-corrected chi connectivity index (χ0v) is 18.0. The third kappa shape index (κ3) is 5.91. The van der Waals surface area contributed by atoms with Crippen molar-refractivity contribution in [1.82, 2.24) is 0 Å². The minimum Gasteiger partial charge on any atom is -0.490 e. The van der Waals surface area contributed by atoms with E-state index in [1.165, 1.54) is 6.07 Å². The molecule has 0 spiro atoms. The molecule has 0 aliphatic carbocycles. The number of ether oxygens (including phenoxy) is 4. The quantitative estimate of drug-likeness (QED) is 0.449. The van der Waals surface area contributed by atoms with Crippen molar-refractivity contribution < 1.29 is 42.0 Å². The highest BCUT2D eigenvalue weighted by Gasteiger charge is 2.46. The topological polar surface area (TPSA) is 74.2 Å². The van der Waals surface area contributed by atoms with E-state index in [1.54, 1.807) is 18.2 Å². The number of aliphatic carboxylic acids is 1. The Morgan fingerprint density at radius 1 is 1.16 bits per heavy atom. The highest BCUT2D eigenvalue weighted by Crippen LogP contribution is 2.40. The highest BCUT2D eigenvalue weighted by molar-refractivity contribution is 6.32. The van der Waals surface area contributed by atoms with Crippen LogP contribution in [0.1, 0.15) is 31.7 Å². The van der Waals surface area contributed by atoms with Gasteiger partial charge >= 0.3 is 12.3 Å². The van der Waals surface area contributed by atoms with E-state index >= 15 is 0 Å². The van der Waals surface area contributed by atoms with E-state index in [0.717, 1.165) is 30.5 Å². The normalized spacial score (nSPS) is 17.4. The SMILES string of the molecule is CCCCC1(C(=O)O)Cc2cc(OCCOc3ccc(OC(F)(F)F)cc3Cl)ccc2O1. The summed E-state index contributed by atoms with van der Waals surface area (Å²) in [4.78, 5) is 11.8. The Labute approximate surface area is 187 Å². The van der Waals surface area contributed by atoms with Crippen LogP contribution in [0.25, 0.3) is 0 Å². The van der Waals surface area contributed by atoms with E-state index in [-0.39, 0.29) is 30.4 Å². The number of carbonyl (C=O) groups is 1. The van der Waals surface area contributed by atoms with Crippen molar-refractivity contribution in [3.05, 3.63) is 47.0 Å². The van der Waals surface area contributed by atoms with Crippen LogP contribution in [0.15, 0.2) is 36.4 Å². The molecule has 0 fully saturated rings. The summed E-state index contributed by atoms with van der Waals surface area (Å²) in [5, 5.41) is 9.63. The van der Waals surface area contributed by atoms with Crippen molar-refractivity contribution in [3.8, 4) is 23.0 Å². The van der Waals surface area contributed by atoms with Gasteiger partial charge in [-0.25, -0.2) is 4.79 Å². The molecule has 1 atom stereocenters. The van der Waals surface area contributed by atoms with Gasteiger partial charge in [0.05, 0.1) is 5.02 Å². The lowest BCUT2D eigenvalue weighted by Gasteiger charge is -2.23. The van der Waals surface area contributed by atoms with Gasteiger partial charge in [-0.1, -0.05) is 24.9 Å². The summed E-state index contributed by atoms with van der Waals surface area (Å²) in [7, 11) is 0. The first-order valence-electron chi connectivity index (χ1n) is 9.98. The van der Waals surface area contributed by atoms with Crippen molar-refractivity contribution in [3.63, 3.8) is 0 Å². The second-order valence-electron chi connectivity index (χ2n) is 7.29. The average Bonchev–Trinajstić information content (AvgIpc) is 3.09. The van der Waals surface area contributed by atoms with E-state index in [2.05, 4.69) is 4.74 Å². The van der Waals surface area contributed by atoms with Crippen LogP contribution >= 0.6 is 11.6 Å². The largest absolute Gasteiger partial charge is 0.573 e. The van der Waals surface area contributed by atoms with Crippen molar-refractivity contribution in [2.45, 2.75) is 44.6 Å².